The molecule has 0 radical (unpaired) electrons. The summed E-state index contributed by atoms with van der Waals surface area (Å²) in [4.78, 5) is 29.7. The van der Waals surface area contributed by atoms with Crippen molar-refractivity contribution in [3.8, 4) is 0 Å². The van der Waals surface area contributed by atoms with Gasteiger partial charge in [0, 0.05) is 29.6 Å². The van der Waals surface area contributed by atoms with Gasteiger partial charge in [-0.3, -0.25) is 13.9 Å². The Morgan fingerprint density at radius 3 is 2.13 bits per heavy atom. The largest absolute Gasteiger partial charge is 0.354 e. The molecule has 45 heavy (non-hydrogen) atoms. The van der Waals surface area contributed by atoms with Gasteiger partial charge in [-0.1, -0.05) is 96.4 Å². The highest BCUT2D eigenvalue weighted by atomic mass is 35.5. The van der Waals surface area contributed by atoms with Crippen molar-refractivity contribution in [3.05, 3.63) is 129 Å². The summed E-state index contributed by atoms with van der Waals surface area (Å²) < 4.78 is 29.4. The third-order valence-electron chi connectivity index (χ3n) is 7.42. The predicted octanol–water partition coefficient (Wildman–Crippen LogP) is 6.97. The molecule has 0 fully saturated rings. The molecule has 1 atom stereocenters. The molecule has 0 aliphatic rings. The van der Waals surface area contributed by atoms with E-state index in [1.807, 2.05) is 51.1 Å². The van der Waals surface area contributed by atoms with Crippen molar-refractivity contribution in [2.75, 3.05) is 17.4 Å². The number of nitrogens with one attached hydrogen (secondary N) is 1. The number of rotatable bonds is 13. The number of hydrogen-bond donors (Lipinski definition) is 1. The summed E-state index contributed by atoms with van der Waals surface area (Å²) in [5.41, 5.74) is 3.49. The maximum atomic E-state index is 14.5. The molecule has 1 N–H and O–H groups in total. The summed E-state index contributed by atoms with van der Waals surface area (Å²) in [5.74, 6) is -0.876. The van der Waals surface area contributed by atoms with Crippen LogP contribution >= 0.6 is 23.2 Å². The highest BCUT2D eigenvalue weighted by molar-refractivity contribution is 7.92. The smallest absolute Gasteiger partial charge is 0.264 e. The molecule has 0 heterocycles. The number of hydrogen-bond acceptors (Lipinski definition) is 4. The van der Waals surface area contributed by atoms with E-state index >= 15 is 0 Å². The SMILES string of the molecule is CCCNC(=O)[C@@H](Cc1ccccc1)N(Cc1ccc(Cl)cc1)C(=O)CN(c1ccc(C)c(Cl)c1)S(=O)(=O)c1ccc(C)cc1. The van der Waals surface area contributed by atoms with E-state index in [9.17, 15) is 18.0 Å². The van der Waals surface area contributed by atoms with E-state index in [4.69, 9.17) is 23.2 Å². The quantitative estimate of drug-likeness (QED) is 0.167. The number of benzene rings is 4. The Labute approximate surface area is 275 Å². The summed E-state index contributed by atoms with van der Waals surface area (Å²) in [6, 6.07) is 26.8. The molecule has 236 valence electrons. The lowest BCUT2D eigenvalue weighted by atomic mass is 10.0. The van der Waals surface area contributed by atoms with Gasteiger partial charge in [0.15, 0.2) is 0 Å². The van der Waals surface area contributed by atoms with Gasteiger partial charge in [-0.25, -0.2) is 8.42 Å². The van der Waals surface area contributed by atoms with E-state index in [2.05, 4.69) is 5.32 Å². The molecule has 0 aliphatic heterocycles. The van der Waals surface area contributed by atoms with Crippen LogP contribution in [0.3, 0.4) is 0 Å². The van der Waals surface area contributed by atoms with Crippen LogP contribution in [0.4, 0.5) is 5.69 Å². The third-order valence-corrected chi connectivity index (χ3v) is 9.87. The zero-order valence-corrected chi connectivity index (χ0v) is 27.9. The van der Waals surface area contributed by atoms with E-state index in [1.165, 1.54) is 23.1 Å². The highest BCUT2D eigenvalue weighted by Gasteiger charge is 2.34. The minimum Gasteiger partial charge on any atom is -0.354 e. The van der Waals surface area contributed by atoms with Gasteiger partial charge in [0.2, 0.25) is 11.8 Å². The lowest BCUT2D eigenvalue weighted by Crippen LogP contribution is -2.53. The van der Waals surface area contributed by atoms with E-state index in [-0.39, 0.29) is 29.5 Å². The van der Waals surface area contributed by atoms with Gasteiger partial charge in [0.25, 0.3) is 10.0 Å². The first-order chi connectivity index (χ1) is 21.5. The van der Waals surface area contributed by atoms with Crippen molar-refractivity contribution in [1.82, 2.24) is 10.2 Å². The van der Waals surface area contributed by atoms with Gasteiger partial charge in [-0.2, -0.15) is 0 Å². The van der Waals surface area contributed by atoms with Gasteiger partial charge in [0.05, 0.1) is 10.6 Å². The van der Waals surface area contributed by atoms with Crippen molar-refractivity contribution in [1.29, 1.82) is 0 Å². The normalized spacial score (nSPS) is 11.9. The molecule has 7 nitrogen and oxygen atoms in total. The van der Waals surface area contributed by atoms with Crippen LogP contribution in [0.25, 0.3) is 0 Å². The van der Waals surface area contributed by atoms with Crippen molar-refractivity contribution in [3.63, 3.8) is 0 Å². The topological polar surface area (TPSA) is 86.8 Å². The van der Waals surface area contributed by atoms with Crippen LogP contribution in [0.1, 0.15) is 35.6 Å². The average Bonchev–Trinajstić information content (AvgIpc) is 3.03. The Bertz CT molecular complexity index is 1710. The molecular formula is C35H37Cl2N3O4S. The van der Waals surface area contributed by atoms with Crippen molar-refractivity contribution in [2.45, 2.75) is 51.1 Å². The lowest BCUT2D eigenvalue weighted by molar-refractivity contribution is -0.140. The van der Waals surface area contributed by atoms with Crippen molar-refractivity contribution >= 4 is 50.7 Å². The van der Waals surface area contributed by atoms with Crippen LogP contribution in [0.5, 0.6) is 0 Å². The molecule has 0 bridgehead atoms. The number of carbonyl (C=O) groups excluding carboxylic acids is 2. The first-order valence-electron chi connectivity index (χ1n) is 14.7. The standard InChI is InChI=1S/C35H37Cl2N3O4S/c1-4-20-38-35(42)33(21-27-8-6-5-7-9-27)39(23-28-13-15-29(36)16-14-28)34(41)24-40(30-17-12-26(3)32(37)22-30)45(43,44)31-18-10-25(2)11-19-31/h5-19,22,33H,4,20-21,23-24H2,1-3H3,(H,38,42)/t33-/m1/s1. The Morgan fingerprint density at radius 1 is 0.844 bits per heavy atom. The fraction of sp³-hybridized carbons (Fsp3) is 0.257. The summed E-state index contributed by atoms with van der Waals surface area (Å²) >= 11 is 12.6. The fourth-order valence-electron chi connectivity index (χ4n) is 4.81. The van der Waals surface area contributed by atoms with Gasteiger partial charge < -0.3 is 10.2 Å². The molecule has 0 saturated carbocycles. The molecule has 0 aromatic heterocycles. The maximum Gasteiger partial charge on any atom is 0.264 e. The maximum absolute atomic E-state index is 14.5. The second-order valence-electron chi connectivity index (χ2n) is 10.9. The van der Waals surface area contributed by atoms with E-state index in [0.717, 1.165) is 26.6 Å². The van der Waals surface area contributed by atoms with Gasteiger partial charge in [-0.05, 0) is 73.4 Å². The van der Waals surface area contributed by atoms with Crippen LogP contribution in [0.2, 0.25) is 10.0 Å². The fourth-order valence-corrected chi connectivity index (χ4v) is 6.52. The van der Waals surface area contributed by atoms with Crippen LogP contribution in [-0.4, -0.2) is 44.3 Å². The summed E-state index contributed by atoms with van der Waals surface area (Å²) in [6.07, 6.45) is 0.947. The van der Waals surface area contributed by atoms with Crippen LogP contribution in [0.15, 0.2) is 102 Å². The number of halogens is 2. The average molecular weight is 667 g/mol. The summed E-state index contributed by atoms with van der Waals surface area (Å²) in [7, 11) is -4.22. The molecule has 0 aliphatic carbocycles. The molecule has 4 rings (SSSR count). The molecule has 0 saturated heterocycles. The van der Waals surface area contributed by atoms with E-state index < -0.39 is 28.5 Å². The first-order valence-corrected chi connectivity index (χ1v) is 16.9. The number of amides is 2. The minimum absolute atomic E-state index is 0.0309. The Kier molecular flexibility index (Phi) is 11.7. The number of sulfonamides is 1. The number of anilines is 1. The van der Waals surface area contributed by atoms with E-state index in [1.54, 1.807) is 48.5 Å². The van der Waals surface area contributed by atoms with Crippen LogP contribution < -0.4 is 9.62 Å². The zero-order chi connectivity index (χ0) is 32.6. The Balaban J connectivity index is 1.81. The molecule has 0 unspecified atom stereocenters. The van der Waals surface area contributed by atoms with Crippen LogP contribution in [0, 0.1) is 13.8 Å². The van der Waals surface area contributed by atoms with Gasteiger partial charge >= 0.3 is 0 Å². The third kappa shape index (κ3) is 8.87. The minimum atomic E-state index is -4.22. The van der Waals surface area contributed by atoms with Gasteiger partial charge in [-0.15, -0.1) is 0 Å². The molecule has 4 aromatic rings. The van der Waals surface area contributed by atoms with Crippen LogP contribution in [-0.2, 0) is 32.6 Å². The second kappa shape index (κ2) is 15.4. The van der Waals surface area contributed by atoms with Crippen molar-refractivity contribution in [2.24, 2.45) is 0 Å². The first kappa shape index (κ1) is 34.0. The Morgan fingerprint density at radius 2 is 1.51 bits per heavy atom. The summed E-state index contributed by atoms with van der Waals surface area (Å²) in [5, 5.41) is 3.84. The predicted molar refractivity (Wildman–Crippen MR) is 181 cm³/mol. The number of aryl methyl sites for hydroxylation is 2. The molecule has 2 amide bonds. The number of carbonyl (C=O) groups is 2. The zero-order valence-electron chi connectivity index (χ0n) is 25.5. The number of nitrogens with zero attached hydrogens (tertiary/aromatic N) is 2. The Hall–Kier alpha value is -3.85. The lowest BCUT2D eigenvalue weighted by Gasteiger charge is -2.34. The molecule has 10 heteroatoms. The van der Waals surface area contributed by atoms with E-state index in [0.29, 0.717) is 23.0 Å². The highest BCUT2D eigenvalue weighted by Crippen LogP contribution is 2.29. The molecule has 4 aromatic carbocycles. The second-order valence-corrected chi connectivity index (χ2v) is 13.6. The molecular weight excluding hydrogens is 629 g/mol. The van der Waals surface area contributed by atoms with Crippen molar-refractivity contribution < 1.29 is 18.0 Å². The molecule has 0 spiro atoms. The monoisotopic (exact) mass is 665 g/mol. The van der Waals surface area contributed by atoms with Gasteiger partial charge in [0.1, 0.15) is 12.6 Å². The summed E-state index contributed by atoms with van der Waals surface area (Å²) in [6.45, 7) is 5.55.